The predicted octanol–water partition coefficient (Wildman–Crippen LogP) is 1.39. The van der Waals surface area contributed by atoms with Gasteiger partial charge >= 0.3 is 5.97 Å². The molecule has 0 rings (SSSR count). The van der Waals surface area contributed by atoms with Gasteiger partial charge in [-0.3, -0.25) is 4.79 Å². The number of hydrogen-bond donors (Lipinski definition) is 2. The van der Waals surface area contributed by atoms with Crippen molar-refractivity contribution in [3.05, 3.63) is 10.4 Å². The van der Waals surface area contributed by atoms with Crippen LogP contribution >= 0.6 is 0 Å². The monoisotopic (exact) mass is 200 g/mol. The Kier molecular flexibility index (Phi) is 4.97. The maximum absolute atomic E-state index is 10.8. The molecule has 2 N–H and O–H groups in total. The van der Waals surface area contributed by atoms with E-state index in [1.807, 2.05) is 20.8 Å². The van der Waals surface area contributed by atoms with E-state index >= 15 is 0 Å². The molecule has 0 aromatic carbocycles. The molecule has 0 aromatic heterocycles. The Hall–Kier alpha value is -1.26. The van der Waals surface area contributed by atoms with Crippen molar-refractivity contribution in [1.29, 1.82) is 0 Å². The van der Waals surface area contributed by atoms with Crippen molar-refractivity contribution in [3.8, 4) is 0 Å². The van der Waals surface area contributed by atoms with Crippen LogP contribution in [-0.2, 0) is 4.79 Å². The molecule has 1 unspecified atom stereocenters. The number of nitrogens with one attached hydrogen (secondary N) is 1. The highest BCUT2D eigenvalue weighted by Crippen LogP contribution is 2.18. The first-order chi connectivity index (χ1) is 6.39. The summed E-state index contributed by atoms with van der Waals surface area (Å²) in [4.78, 5) is 13.4. The molecule has 14 heavy (non-hydrogen) atoms. The van der Waals surface area contributed by atoms with Crippen molar-refractivity contribution < 1.29 is 9.90 Å². The standard InChI is InChI=1S/C8H16N4O2/c1-8(2,3)6(7(13)14)10-4-5-11-12-9/h6,10H,4-5H2,1-3H3,(H,13,14). The Morgan fingerprint density at radius 1 is 1.64 bits per heavy atom. The van der Waals surface area contributed by atoms with Crippen molar-refractivity contribution >= 4 is 5.97 Å². The van der Waals surface area contributed by atoms with Crippen LogP contribution in [0.25, 0.3) is 10.4 Å². The van der Waals surface area contributed by atoms with E-state index < -0.39 is 12.0 Å². The normalized spacial score (nSPS) is 13.1. The largest absolute Gasteiger partial charge is 0.480 e. The van der Waals surface area contributed by atoms with Crippen molar-refractivity contribution in [1.82, 2.24) is 5.32 Å². The third-order valence-corrected chi connectivity index (χ3v) is 1.74. The van der Waals surface area contributed by atoms with E-state index in [0.29, 0.717) is 6.54 Å². The van der Waals surface area contributed by atoms with Crippen LogP contribution in [0.3, 0.4) is 0 Å². The molecule has 0 saturated carbocycles. The number of aliphatic carboxylic acids is 1. The minimum absolute atomic E-state index is 0.260. The summed E-state index contributed by atoms with van der Waals surface area (Å²) in [6.45, 7) is 6.15. The van der Waals surface area contributed by atoms with Crippen LogP contribution < -0.4 is 5.32 Å². The zero-order chi connectivity index (χ0) is 11.2. The molecule has 0 heterocycles. The summed E-state index contributed by atoms with van der Waals surface area (Å²) in [5.41, 5.74) is 7.66. The van der Waals surface area contributed by atoms with Crippen LogP contribution in [0.15, 0.2) is 5.11 Å². The van der Waals surface area contributed by atoms with Gasteiger partial charge in [-0.25, -0.2) is 0 Å². The molecule has 1 atom stereocenters. The fourth-order valence-corrected chi connectivity index (χ4v) is 1.07. The highest BCUT2D eigenvalue weighted by Gasteiger charge is 2.30. The molecule has 0 bridgehead atoms. The zero-order valence-corrected chi connectivity index (χ0v) is 8.69. The Labute approximate surface area is 82.9 Å². The van der Waals surface area contributed by atoms with E-state index in [2.05, 4.69) is 15.3 Å². The molecule has 0 aromatic rings. The summed E-state index contributed by atoms with van der Waals surface area (Å²) in [7, 11) is 0. The average molecular weight is 200 g/mol. The van der Waals surface area contributed by atoms with E-state index in [4.69, 9.17) is 10.6 Å². The van der Waals surface area contributed by atoms with Crippen LogP contribution in [0.1, 0.15) is 20.8 Å². The van der Waals surface area contributed by atoms with Crippen molar-refractivity contribution in [2.75, 3.05) is 13.1 Å². The maximum Gasteiger partial charge on any atom is 0.321 e. The molecule has 6 heteroatoms. The number of hydrogen-bond acceptors (Lipinski definition) is 3. The summed E-state index contributed by atoms with van der Waals surface area (Å²) in [6, 6.07) is -0.628. The molecule has 0 radical (unpaired) electrons. The lowest BCUT2D eigenvalue weighted by molar-refractivity contribution is -0.142. The van der Waals surface area contributed by atoms with E-state index in [1.165, 1.54) is 0 Å². The molecular weight excluding hydrogens is 184 g/mol. The van der Waals surface area contributed by atoms with Gasteiger partial charge in [0.15, 0.2) is 0 Å². The van der Waals surface area contributed by atoms with Gasteiger partial charge < -0.3 is 10.4 Å². The van der Waals surface area contributed by atoms with Crippen LogP contribution in [0.2, 0.25) is 0 Å². The van der Waals surface area contributed by atoms with Crippen molar-refractivity contribution in [3.63, 3.8) is 0 Å². The number of carboxylic acid groups (broad SMARTS) is 1. The highest BCUT2D eigenvalue weighted by atomic mass is 16.4. The van der Waals surface area contributed by atoms with Crippen LogP contribution in [-0.4, -0.2) is 30.2 Å². The molecule has 0 aliphatic rings. The van der Waals surface area contributed by atoms with Gasteiger partial charge in [0.1, 0.15) is 6.04 Å². The zero-order valence-electron chi connectivity index (χ0n) is 8.69. The van der Waals surface area contributed by atoms with Crippen LogP contribution in [0.5, 0.6) is 0 Å². The van der Waals surface area contributed by atoms with Gasteiger partial charge in [0.05, 0.1) is 0 Å². The van der Waals surface area contributed by atoms with Gasteiger partial charge in [-0.1, -0.05) is 25.9 Å². The Balaban J connectivity index is 4.12. The SMILES string of the molecule is CC(C)(C)C(NCCN=[N+]=[N-])C(=O)O. The van der Waals surface area contributed by atoms with Gasteiger partial charge in [0, 0.05) is 18.0 Å². The lowest BCUT2D eigenvalue weighted by Crippen LogP contribution is -2.47. The quantitative estimate of drug-likeness (QED) is 0.303. The lowest BCUT2D eigenvalue weighted by Gasteiger charge is -2.27. The second-order valence-electron chi connectivity index (χ2n) is 4.05. The van der Waals surface area contributed by atoms with E-state index in [9.17, 15) is 4.79 Å². The molecule has 0 aliphatic heterocycles. The molecule has 0 amide bonds. The van der Waals surface area contributed by atoms with E-state index in [-0.39, 0.29) is 12.0 Å². The summed E-state index contributed by atoms with van der Waals surface area (Å²) < 4.78 is 0. The second kappa shape index (κ2) is 5.47. The minimum Gasteiger partial charge on any atom is -0.480 e. The van der Waals surface area contributed by atoms with E-state index in [1.54, 1.807) is 0 Å². The highest BCUT2D eigenvalue weighted by molar-refractivity contribution is 5.74. The molecular formula is C8H16N4O2. The molecule has 0 spiro atoms. The van der Waals surface area contributed by atoms with Gasteiger partial charge in [-0.15, -0.1) is 0 Å². The second-order valence-corrected chi connectivity index (χ2v) is 4.05. The Morgan fingerprint density at radius 3 is 2.57 bits per heavy atom. The fourth-order valence-electron chi connectivity index (χ4n) is 1.07. The lowest BCUT2D eigenvalue weighted by atomic mass is 9.87. The fraction of sp³-hybridized carbons (Fsp3) is 0.875. The first-order valence-electron chi connectivity index (χ1n) is 4.36. The first kappa shape index (κ1) is 12.7. The Bertz CT molecular complexity index is 240. The van der Waals surface area contributed by atoms with Crippen LogP contribution in [0, 0.1) is 5.41 Å². The first-order valence-corrected chi connectivity index (χ1v) is 4.36. The summed E-state index contributed by atoms with van der Waals surface area (Å²) >= 11 is 0. The van der Waals surface area contributed by atoms with Gasteiger partial charge in [-0.2, -0.15) is 0 Å². The number of carboxylic acids is 1. The van der Waals surface area contributed by atoms with Crippen LogP contribution in [0.4, 0.5) is 0 Å². The van der Waals surface area contributed by atoms with Gasteiger partial charge in [0.2, 0.25) is 0 Å². The molecule has 0 aliphatic carbocycles. The smallest absolute Gasteiger partial charge is 0.321 e. The van der Waals surface area contributed by atoms with Crippen molar-refractivity contribution in [2.45, 2.75) is 26.8 Å². The molecule has 0 fully saturated rings. The maximum atomic E-state index is 10.8. The summed E-state index contributed by atoms with van der Waals surface area (Å²) in [5.74, 6) is -0.890. The predicted molar refractivity (Wildman–Crippen MR) is 52.9 cm³/mol. The molecule has 6 nitrogen and oxygen atoms in total. The van der Waals surface area contributed by atoms with E-state index in [0.717, 1.165) is 0 Å². The molecule has 0 saturated heterocycles. The number of carbonyl (C=O) groups is 1. The summed E-state index contributed by atoms with van der Waals surface area (Å²) in [5, 5.41) is 15.0. The van der Waals surface area contributed by atoms with Gasteiger partial charge in [-0.05, 0) is 10.9 Å². The van der Waals surface area contributed by atoms with Gasteiger partial charge in [0.25, 0.3) is 0 Å². The number of azide groups is 1. The topological polar surface area (TPSA) is 98.1 Å². The number of nitrogens with zero attached hydrogens (tertiary/aromatic N) is 3. The third-order valence-electron chi connectivity index (χ3n) is 1.74. The average Bonchev–Trinajstić information content (AvgIpc) is 2.01. The molecule has 80 valence electrons. The number of rotatable bonds is 5. The summed E-state index contributed by atoms with van der Waals surface area (Å²) in [6.07, 6.45) is 0. The van der Waals surface area contributed by atoms with Crippen molar-refractivity contribution in [2.24, 2.45) is 10.5 Å². The Morgan fingerprint density at radius 2 is 2.21 bits per heavy atom. The third kappa shape index (κ3) is 4.69. The minimum atomic E-state index is -0.890.